The minimum Gasteiger partial charge on any atom is -0.343 e. The molecule has 0 N–H and O–H groups in total. The number of aromatic nitrogens is 3. The Kier molecular flexibility index (Phi) is 1.53. The number of carbonyl (C=O) groups excluding carboxylic acids is 1. The van der Waals surface area contributed by atoms with Crippen molar-refractivity contribution in [2.24, 2.45) is 5.92 Å². The lowest BCUT2D eigenvalue weighted by atomic mass is 9.50. The van der Waals surface area contributed by atoms with E-state index in [0.717, 1.165) is 5.92 Å². The molecule has 3 fully saturated rings. The Labute approximate surface area is 88.1 Å². The highest BCUT2D eigenvalue weighted by Crippen LogP contribution is 2.61. The molecule has 0 unspecified atom stereocenters. The lowest BCUT2D eigenvalue weighted by Crippen LogP contribution is -2.59. The largest absolute Gasteiger partial charge is 0.343 e. The first-order chi connectivity index (χ1) is 7.11. The summed E-state index contributed by atoms with van der Waals surface area (Å²) < 4.78 is 1.89. The number of rotatable bonds is 2. The van der Waals surface area contributed by atoms with Crippen molar-refractivity contribution in [1.82, 2.24) is 19.9 Å². The molecule has 2 bridgehead atoms. The van der Waals surface area contributed by atoms with Crippen molar-refractivity contribution in [3.63, 3.8) is 0 Å². The fourth-order valence-electron chi connectivity index (χ4n) is 2.54. The molecule has 1 amide bonds. The molecule has 5 heteroatoms. The normalized spacial score (nSPS) is 31.7. The van der Waals surface area contributed by atoms with Gasteiger partial charge in [-0.2, -0.15) is 0 Å². The molecular weight excluding hydrogens is 192 g/mol. The minimum absolute atomic E-state index is 0.0761. The van der Waals surface area contributed by atoms with Crippen LogP contribution in [0, 0.1) is 5.92 Å². The molecule has 0 atom stereocenters. The summed E-state index contributed by atoms with van der Waals surface area (Å²) in [5.41, 5.74) is 0.674. The summed E-state index contributed by atoms with van der Waals surface area (Å²) in [5, 5.41) is 8.00. The van der Waals surface area contributed by atoms with Crippen molar-refractivity contribution < 1.29 is 4.79 Å². The molecule has 1 heterocycles. The summed E-state index contributed by atoms with van der Waals surface area (Å²) in [5.74, 6) is 0.829. The first-order valence-corrected chi connectivity index (χ1v) is 5.25. The van der Waals surface area contributed by atoms with Gasteiger partial charge in [-0.3, -0.25) is 4.79 Å². The maximum Gasteiger partial charge on any atom is 0.275 e. The Balaban J connectivity index is 1.84. The van der Waals surface area contributed by atoms with Crippen LogP contribution < -0.4 is 0 Å². The molecule has 3 aliphatic carbocycles. The van der Waals surface area contributed by atoms with E-state index in [9.17, 15) is 4.79 Å². The van der Waals surface area contributed by atoms with Gasteiger partial charge in [-0.05, 0) is 25.2 Å². The van der Waals surface area contributed by atoms with Gasteiger partial charge in [0.15, 0.2) is 5.69 Å². The van der Waals surface area contributed by atoms with Gasteiger partial charge >= 0.3 is 0 Å². The first kappa shape index (κ1) is 8.88. The first-order valence-electron chi connectivity index (χ1n) is 5.25. The third-order valence-corrected chi connectivity index (χ3v) is 3.61. The monoisotopic (exact) mass is 206 g/mol. The molecule has 3 saturated carbocycles. The molecule has 4 rings (SSSR count). The predicted octanol–water partition coefficient (Wildman–Crippen LogP) is 0.489. The smallest absolute Gasteiger partial charge is 0.275 e. The standard InChI is InChI=1S/C10H14N4O/c1-13(2)9(15)8-6-14(12-11-8)10-3-7(4-10)5-10/h6-7H,3-5H2,1-2H3. The Morgan fingerprint density at radius 3 is 2.67 bits per heavy atom. The van der Waals surface area contributed by atoms with Crippen LogP contribution >= 0.6 is 0 Å². The van der Waals surface area contributed by atoms with Crippen molar-refractivity contribution in [3.05, 3.63) is 11.9 Å². The van der Waals surface area contributed by atoms with E-state index in [-0.39, 0.29) is 11.4 Å². The van der Waals surface area contributed by atoms with Gasteiger partial charge < -0.3 is 4.90 Å². The van der Waals surface area contributed by atoms with Gasteiger partial charge in [0.25, 0.3) is 5.91 Å². The zero-order valence-electron chi connectivity index (χ0n) is 8.97. The molecule has 0 spiro atoms. The number of nitrogens with zero attached hydrogens (tertiary/aromatic N) is 4. The Morgan fingerprint density at radius 1 is 1.53 bits per heavy atom. The maximum atomic E-state index is 11.6. The van der Waals surface area contributed by atoms with Crippen LogP contribution in [-0.4, -0.2) is 39.9 Å². The van der Waals surface area contributed by atoms with Crippen molar-refractivity contribution in [1.29, 1.82) is 0 Å². The summed E-state index contributed by atoms with van der Waals surface area (Å²) in [7, 11) is 3.45. The van der Waals surface area contributed by atoms with Gasteiger partial charge in [0, 0.05) is 14.1 Å². The zero-order valence-corrected chi connectivity index (χ0v) is 8.97. The topological polar surface area (TPSA) is 51.0 Å². The van der Waals surface area contributed by atoms with E-state index >= 15 is 0 Å². The quantitative estimate of drug-likeness (QED) is 0.707. The zero-order chi connectivity index (χ0) is 10.6. The van der Waals surface area contributed by atoms with Gasteiger partial charge in [-0.1, -0.05) is 5.21 Å². The summed E-state index contributed by atoms with van der Waals surface area (Å²) in [6.45, 7) is 0. The Morgan fingerprint density at radius 2 is 2.20 bits per heavy atom. The van der Waals surface area contributed by atoms with Crippen molar-refractivity contribution in [2.75, 3.05) is 14.1 Å². The van der Waals surface area contributed by atoms with Crippen LogP contribution in [0.5, 0.6) is 0 Å². The third kappa shape index (κ3) is 1.06. The van der Waals surface area contributed by atoms with Gasteiger partial charge in [-0.15, -0.1) is 5.10 Å². The van der Waals surface area contributed by atoms with E-state index in [1.165, 1.54) is 24.2 Å². The molecule has 80 valence electrons. The number of hydrogen-bond donors (Lipinski definition) is 0. The van der Waals surface area contributed by atoms with E-state index < -0.39 is 0 Å². The molecule has 0 aromatic carbocycles. The highest BCUT2D eigenvalue weighted by molar-refractivity contribution is 5.91. The van der Waals surface area contributed by atoms with E-state index in [1.807, 2.05) is 4.68 Å². The number of hydrogen-bond acceptors (Lipinski definition) is 3. The maximum absolute atomic E-state index is 11.6. The van der Waals surface area contributed by atoms with Crippen LogP contribution in [0.25, 0.3) is 0 Å². The fraction of sp³-hybridized carbons (Fsp3) is 0.700. The van der Waals surface area contributed by atoms with E-state index in [4.69, 9.17) is 0 Å². The highest BCUT2D eigenvalue weighted by atomic mass is 16.2. The SMILES string of the molecule is CN(C)C(=O)c1cn(C23CC(C2)C3)nn1. The van der Waals surface area contributed by atoms with Crippen LogP contribution in [0.1, 0.15) is 29.8 Å². The second-order valence-electron chi connectivity index (χ2n) is 4.95. The third-order valence-electron chi connectivity index (χ3n) is 3.61. The van der Waals surface area contributed by atoms with Crippen LogP contribution in [0.2, 0.25) is 0 Å². The fourth-order valence-corrected chi connectivity index (χ4v) is 2.54. The molecule has 0 radical (unpaired) electrons. The highest BCUT2D eigenvalue weighted by Gasteiger charge is 2.58. The van der Waals surface area contributed by atoms with Crippen LogP contribution in [0.15, 0.2) is 6.20 Å². The van der Waals surface area contributed by atoms with Crippen LogP contribution in [0.3, 0.4) is 0 Å². The molecule has 3 aliphatic rings. The van der Waals surface area contributed by atoms with Gasteiger partial charge in [-0.25, -0.2) is 4.68 Å². The number of carbonyl (C=O) groups is 1. The van der Waals surface area contributed by atoms with E-state index in [0.29, 0.717) is 5.69 Å². The molecule has 0 saturated heterocycles. The van der Waals surface area contributed by atoms with Gasteiger partial charge in [0.2, 0.25) is 0 Å². The second-order valence-corrected chi connectivity index (χ2v) is 4.95. The predicted molar refractivity (Wildman–Crippen MR) is 53.4 cm³/mol. The average Bonchev–Trinajstić information content (AvgIpc) is 2.46. The molecule has 5 nitrogen and oxygen atoms in total. The van der Waals surface area contributed by atoms with E-state index in [1.54, 1.807) is 20.3 Å². The van der Waals surface area contributed by atoms with Gasteiger partial charge in [0.05, 0.1) is 11.7 Å². The van der Waals surface area contributed by atoms with Gasteiger partial charge in [0.1, 0.15) is 0 Å². The summed E-state index contributed by atoms with van der Waals surface area (Å²) in [6.07, 6.45) is 5.43. The molecule has 1 aromatic rings. The minimum atomic E-state index is -0.0761. The lowest BCUT2D eigenvalue weighted by molar-refractivity contribution is -0.0989. The van der Waals surface area contributed by atoms with Crippen molar-refractivity contribution in [3.8, 4) is 0 Å². The summed E-state index contributed by atoms with van der Waals surface area (Å²) >= 11 is 0. The lowest BCUT2D eigenvalue weighted by Gasteiger charge is -2.61. The van der Waals surface area contributed by atoms with Crippen LogP contribution in [-0.2, 0) is 5.54 Å². The molecule has 15 heavy (non-hydrogen) atoms. The molecular formula is C10H14N4O. The Hall–Kier alpha value is -1.39. The second kappa shape index (κ2) is 2.59. The average molecular weight is 206 g/mol. The molecule has 0 aliphatic heterocycles. The van der Waals surface area contributed by atoms with Crippen LogP contribution in [0.4, 0.5) is 0 Å². The molecule has 1 aromatic heterocycles. The van der Waals surface area contributed by atoms with E-state index in [2.05, 4.69) is 10.3 Å². The van der Waals surface area contributed by atoms with Crippen molar-refractivity contribution >= 4 is 5.91 Å². The van der Waals surface area contributed by atoms with Crippen molar-refractivity contribution in [2.45, 2.75) is 24.8 Å². The Bertz CT molecular complexity index is 406. The summed E-state index contributed by atoms with van der Waals surface area (Å²) in [6, 6.07) is 0. The summed E-state index contributed by atoms with van der Waals surface area (Å²) in [4.78, 5) is 13.1. The number of amides is 1.